The van der Waals surface area contributed by atoms with Crippen LogP contribution >= 0.6 is 11.8 Å². The average Bonchev–Trinajstić information content (AvgIpc) is 3.53. The molecule has 0 fully saturated rings. The molecule has 0 aliphatic rings. The lowest BCUT2D eigenvalue weighted by molar-refractivity contribution is -0.140. The van der Waals surface area contributed by atoms with Gasteiger partial charge in [-0.15, -0.1) is 0 Å². The Balaban J connectivity index is 1.62. The number of aliphatic hydroxyl groups excluding tert-OH is 1. The molecule has 0 bridgehead atoms. The second-order valence-electron chi connectivity index (χ2n) is 14.3. The number of carbonyl (C=O) groups excluding carboxylic acids is 3. The van der Waals surface area contributed by atoms with Crippen LogP contribution in [-0.4, -0.2) is 106 Å². The highest BCUT2D eigenvalue weighted by molar-refractivity contribution is 7.99. The fourth-order valence-electron chi connectivity index (χ4n) is 5.98. The van der Waals surface area contributed by atoms with Crippen LogP contribution in [0.1, 0.15) is 57.8 Å². The summed E-state index contributed by atoms with van der Waals surface area (Å²) in [5, 5.41) is 24.3. The molecule has 302 valence electrons. The van der Waals surface area contributed by atoms with Gasteiger partial charge in [0.05, 0.1) is 25.3 Å². The predicted octanol–water partition coefficient (Wildman–Crippen LogP) is 3.28. The highest BCUT2D eigenvalue weighted by Gasteiger charge is 2.37. The minimum atomic E-state index is -1.09. The second kappa shape index (κ2) is 21.7. The summed E-state index contributed by atoms with van der Waals surface area (Å²) in [7, 11) is 0. The van der Waals surface area contributed by atoms with Gasteiger partial charge in [-0.25, -0.2) is 8.78 Å². The van der Waals surface area contributed by atoms with E-state index in [0.717, 1.165) is 23.8 Å². The van der Waals surface area contributed by atoms with Gasteiger partial charge < -0.3 is 46.5 Å². The van der Waals surface area contributed by atoms with Gasteiger partial charge in [-0.05, 0) is 41.7 Å². The molecule has 2 aromatic carbocycles. The van der Waals surface area contributed by atoms with Gasteiger partial charge in [0.15, 0.2) is 0 Å². The van der Waals surface area contributed by atoms with Crippen molar-refractivity contribution in [1.29, 1.82) is 0 Å². The fourth-order valence-corrected chi connectivity index (χ4v) is 6.93. The fraction of sp³-hybridized carbons (Fsp3) is 0.487. The van der Waals surface area contributed by atoms with Crippen LogP contribution in [0.5, 0.6) is 0 Å². The molecule has 0 aliphatic carbocycles. The molecule has 3 rings (SSSR count). The Morgan fingerprint density at radius 1 is 0.982 bits per heavy atom. The number of ether oxygens (including phenoxy) is 1. The van der Waals surface area contributed by atoms with Crippen molar-refractivity contribution in [3.8, 4) is 11.1 Å². The third-order valence-electron chi connectivity index (χ3n) is 8.72. The summed E-state index contributed by atoms with van der Waals surface area (Å²) in [6, 6.07) is 11.8. The van der Waals surface area contributed by atoms with Crippen molar-refractivity contribution in [3.05, 3.63) is 83.7 Å². The Hall–Kier alpha value is -4.35. The SMILES string of the molecule is CC(CC(=O)NCCOCCNC(=O)[C@@H](N)CCN(C(=O)CO)[C@@H](c1cc(-c2cc(F)ccc2F)cn1Cc1ccccc1)C(C)(C)C)SC[C@H](N)C(=O)O. The number of amides is 3. The van der Waals surface area contributed by atoms with Gasteiger partial charge in [-0.2, -0.15) is 11.8 Å². The third-order valence-corrected chi connectivity index (χ3v) is 10.0. The minimum absolute atomic E-state index is 0.00970. The first-order valence-corrected chi connectivity index (χ1v) is 19.1. The van der Waals surface area contributed by atoms with Crippen LogP contribution in [0.25, 0.3) is 11.1 Å². The number of hydrogen-bond donors (Lipinski definition) is 6. The zero-order chi connectivity index (χ0) is 40.7. The van der Waals surface area contributed by atoms with Crippen LogP contribution in [-0.2, 0) is 30.5 Å². The Labute approximate surface area is 325 Å². The summed E-state index contributed by atoms with van der Waals surface area (Å²) in [5.74, 6) is -3.35. The topological polar surface area (TPSA) is 202 Å². The number of benzene rings is 2. The van der Waals surface area contributed by atoms with E-state index in [4.69, 9.17) is 21.3 Å². The number of aromatic nitrogens is 1. The predicted molar refractivity (Wildman–Crippen MR) is 208 cm³/mol. The van der Waals surface area contributed by atoms with Crippen LogP contribution < -0.4 is 22.1 Å². The quantitative estimate of drug-likeness (QED) is 0.0821. The number of nitrogens with zero attached hydrogens (tertiary/aromatic N) is 2. The maximum absolute atomic E-state index is 15.0. The van der Waals surface area contributed by atoms with Crippen LogP contribution in [0, 0.1) is 17.0 Å². The number of hydrogen-bond acceptors (Lipinski definition) is 9. The van der Waals surface area contributed by atoms with Crippen molar-refractivity contribution in [2.45, 2.75) is 70.5 Å². The van der Waals surface area contributed by atoms with Crippen LogP contribution in [0.2, 0.25) is 0 Å². The van der Waals surface area contributed by atoms with Gasteiger partial charge in [0, 0.05) is 66.6 Å². The van der Waals surface area contributed by atoms with E-state index in [2.05, 4.69) is 10.6 Å². The molecule has 13 nitrogen and oxygen atoms in total. The number of nitrogens with one attached hydrogen (secondary N) is 2. The molecule has 0 spiro atoms. The van der Waals surface area contributed by atoms with Gasteiger partial charge in [0.25, 0.3) is 0 Å². The summed E-state index contributed by atoms with van der Waals surface area (Å²) in [6.07, 6.45) is 1.97. The highest BCUT2D eigenvalue weighted by Crippen LogP contribution is 2.41. The van der Waals surface area contributed by atoms with Gasteiger partial charge in [0.1, 0.15) is 24.3 Å². The molecule has 16 heteroatoms. The zero-order valence-corrected chi connectivity index (χ0v) is 32.6. The van der Waals surface area contributed by atoms with E-state index in [1.807, 2.05) is 62.6 Å². The first kappa shape index (κ1) is 45.0. The van der Waals surface area contributed by atoms with Gasteiger partial charge in [-0.1, -0.05) is 58.0 Å². The molecule has 1 heterocycles. The summed E-state index contributed by atoms with van der Waals surface area (Å²) < 4.78 is 36.7. The van der Waals surface area contributed by atoms with E-state index in [9.17, 15) is 28.7 Å². The summed E-state index contributed by atoms with van der Waals surface area (Å²) in [6.45, 7) is 7.92. The third kappa shape index (κ3) is 14.3. The number of carbonyl (C=O) groups is 4. The number of carboxylic acids is 1. The van der Waals surface area contributed by atoms with Crippen molar-refractivity contribution in [2.24, 2.45) is 16.9 Å². The average molecular weight is 789 g/mol. The van der Waals surface area contributed by atoms with Crippen molar-refractivity contribution in [1.82, 2.24) is 20.1 Å². The maximum Gasteiger partial charge on any atom is 0.321 e. The zero-order valence-electron chi connectivity index (χ0n) is 31.8. The lowest BCUT2D eigenvalue weighted by atomic mass is 9.82. The summed E-state index contributed by atoms with van der Waals surface area (Å²) >= 11 is 1.30. The number of nitrogens with two attached hydrogens (primary N) is 2. The molecule has 8 N–H and O–H groups in total. The van der Waals surface area contributed by atoms with Crippen molar-refractivity contribution >= 4 is 35.5 Å². The lowest BCUT2D eigenvalue weighted by Crippen LogP contribution is -2.48. The second-order valence-corrected chi connectivity index (χ2v) is 15.8. The summed E-state index contributed by atoms with van der Waals surface area (Å²) in [5.41, 5.74) is 13.2. The van der Waals surface area contributed by atoms with Crippen molar-refractivity contribution < 1.29 is 42.9 Å². The van der Waals surface area contributed by atoms with Gasteiger partial charge in [0.2, 0.25) is 17.7 Å². The minimum Gasteiger partial charge on any atom is -0.480 e. The number of aliphatic carboxylic acids is 1. The molecule has 55 heavy (non-hydrogen) atoms. The van der Waals surface area contributed by atoms with E-state index in [-0.39, 0.29) is 68.2 Å². The molecule has 4 atom stereocenters. The number of halogens is 2. The summed E-state index contributed by atoms with van der Waals surface area (Å²) in [4.78, 5) is 50.8. The number of thioether (sulfide) groups is 1. The smallest absolute Gasteiger partial charge is 0.321 e. The van der Waals surface area contributed by atoms with Crippen molar-refractivity contribution in [3.63, 3.8) is 0 Å². The van der Waals surface area contributed by atoms with Crippen LogP contribution in [0.4, 0.5) is 8.78 Å². The Morgan fingerprint density at radius 2 is 1.65 bits per heavy atom. The molecular weight excluding hydrogens is 735 g/mol. The molecule has 0 radical (unpaired) electrons. The normalized spacial score (nSPS) is 13.8. The van der Waals surface area contributed by atoms with E-state index in [0.29, 0.717) is 17.8 Å². The number of carboxylic acid groups (broad SMARTS) is 1. The first-order valence-electron chi connectivity index (χ1n) is 18.1. The van der Waals surface area contributed by atoms with Gasteiger partial charge >= 0.3 is 5.97 Å². The Bertz CT molecular complexity index is 1720. The Morgan fingerprint density at radius 3 is 2.29 bits per heavy atom. The highest BCUT2D eigenvalue weighted by atomic mass is 32.2. The van der Waals surface area contributed by atoms with Gasteiger partial charge in [-0.3, -0.25) is 19.2 Å². The number of rotatable bonds is 22. The molecule has 0 saturated heterocycles. The van der Waals surface area contributed by atoms with E-state index in [1.165, 1.54) is 16.7 Å². The van der Waals surface area contributed by atoms with E-state index in [1.54, 1.807) is 12.3 Å². The standard InChI is InChI=1S/C39H54F2N6O7S/c1-25(55-24-32(43)38(52)53)18-34(49)44-13-16-54-17-14-45-37(51)31(42)12-15-47(35(50)23-48)36(39(2,3)4)33-19-27(29-20-28(40)10-11-30(29)41)22-46(33)21-26-8-6-5-7-9-26/h5-11,19-20,22,25,31-32,36,48H,12-18,21,23-24,42-43H2,1-4H3,(H,44,49)(H,45,51)(H,52,53)/t25?,31-,32-,36-/m0/s1. The molecule has 3 aromatic rings. The number of aliphatic hydroxyl groups is 1. The lowest BCUT2D eigenvalue weighted by Gasteiger charge is -2.41. The molecule has 1 aromatic heterocycles. The van der Waals surface area contributed by atoms with Crippen molar-refractivity contribution in [2.75, 3.05) is 45.2 Å². The Kier molecular flexibility index (Phi) is 17.7. The largest absolute Gasteiger partial charge is 0.480 e. The molecule has 0 aliphatic heterocycles. The van der Waals surface area contributed by atoms with Crippen LogP contribution in [0.15, 0.2) is 60.8 Å². The molecule has 0 saturated carbocycles. The maximum atomic E-state index is 15.0. The first-order chi connectivity index (χ1) is 26.0. The monoisotopic (exact) mass is 788 g/mol. The van der Waals surface area contributed by atoms with E-state index < -0.39 is 59.6 Å². The molecular formula is C39H54F2N6O7S. The van der Waals surface area contributed by atoms with Crippen LogP contribution in [0.3, 0.4) is 0 Å². The van der Waals surface area contributed by atoms with E-state index >= 15 is 4.39 Å². The molecule has 1 unspecified atom stereocenters. The molecule has 3 amide bonds.